The van der Waals surface area contributed by atoms with Crippen LogP contribution in [0.5, 0.6) is 0 Å². The van der Waals surface area contributed by atoms with Crippen molar-refractivity contribution in [2.75, 3.05) is 13.1 Å². The Balaban J connectivity index is 2.17. The van der Waals surface area contributed by atoms with Gasteiger partial charge in [-0.25, -0.2) is 0 Å². The van der Waals surface area contributed by atoms with Crippen LogP contribution in [-0.4, -0.2) is 18.0 Å². The molecule has 1 nitrogen and oxygen atoms in total. The normalized spacial score (nSPS) is 26.2. The molecule has 0 spiro atoms. The molecule has 0 amide bonds. The molecule has 0 unspecified atom stereocenters. The first-order chi connectivity index (χ1) is 1.89. The van der Waals surface area contributed by atoms with Crippen molar-refractivity contribution in [2.45, 2.75) is 0 Å². The summed E-state index contributed by atoms with van der Waals surface area (Å²) in [5, 5.41) is 0. The number of hydrogen-bond acceptors (Lipinski definition) is 1. The smallest absolute Gasteiger partial charge is 0.0883 e. The average Bonchev–Trinajstić information content (AvgIpc) is 1.75. The van der Waals surface area contributed by atoms with E-state index in [1.807, 2.05) is 0 Å². The molecule has 1 saturated heterocycles. The third kappa shape index (κ3) is 0.206. The molecule has 1 heterocycles. The zero-order chi connectivity index (χ0) is 2.99. The Morgan fingerprint density at radius 3 is 1.75 bits per heavy atom. The molecule has 0 bridgehead atoms. The summed E-state index contributed by atoms with van der Waals surface area (Å²) in [4.78, 5) is 1.50. The van der Waals surface area contributed by atoms with Crippen LogP contribution < -0.4 is 0 Å². The summed E-state index contributed by atoms with van der Waals surface area (Å²) in [7, 11) is 6.53. The molecule has 3 radical (unpaired) electrons. The zero-order valence-electron chi connectivity index (χ0n) is 2.36. The summed E-state index contributed by atoms with van der Waals surface area (Å²) >= 11 is 0. The quantitative estimate of drug-likeness (QED) is 0.347. The lowest BCUT2D eigenvalue weighted by molar-refractivity contribution is 0.766. The first-order valence-electron chi connectivity index (χ1n) is 1.36. The Morgan fingerprint density at radius 1 is 1.50 bits per heavy atom. The van der Waals surface area contributed by atoms with Crippen LogP contribution in [0.3, 0.4) is 0 Å². The van der Waals surface area contributed by atoms with Gasteiger partial charge in [-0.15, -0.1) is 0 Å². The van der Waals surface area contributed by atoms with Crippen molar-refractivity contribution in [2.24, 2.45) is 0 Å². The second-order valence-electron chi connectivity index (χ2n) is 0.987. The van der Waals surface area contributed by atoms with Crippen molar-refractivity contribution in [3.63, 3.8) is 0 Å². The van der Waals surface area contributed by atoms with Gasteiger partial charge in [-0.1, -0.05) is 0 Å². The van der Waals surface area contributed by atoms with Gasteiger partial charge in [0.2, 0.25) is 0 Å². The van der Waals surface area contributed by atoms with E-state index >= 15 is 0 Å². The highest BCUT2D eigenvalue weighted by molar-refractivity contribution is 4.68. The fraction of sp³-hybridized carbons (Fsp3) is 0.667. The lowest BCUT2D eigenvalue weighted by atomic mass is 11.0. The van der Waals surface area contributed by atoms with E-state index in [1.54, 1.807) is 0 Å². The van der Waals surface area contributed by atoms with E-state index in [9.17, 15) is 0 Å². The standard InChI is InChI=1S/C3H4N/c1-4-2-3-4/h2-3H2. The summed E-state index contributed by atoms with van der Waals surface area (Å²) < 4.78 is 0. The maximum atomic E-state index is 6.53. The Labute approximate surface area is 26.2 Å². The second kappa shape index (κ2) is 0.462. The van der Waals surface area contributed by atoms with Gasteiger partial charge in [0.05, 0.1) is 7.05 Å². The lowest BCUT2D eigenvalue weighted by Crippen LogP contribution is -1.69. The van der Waals surface area contributed by atoms with Crippen LogP contribution in [0.25, 0.3) is 0 Å². The van der Waals surface area contributed by atoms with E-state index in [-0.39, 0.29) is 0 Å². The summed E-state index contributed by atoms with van der Waals surface area (Å²) in [5.74, 6) is 0. The Kier molecular flexibility index (Phi) is 0.256. The van der Waals surface area contributed by atoms with Crippen LogP contribution in [0.1, 0.15) is 0 Å². The van der Waals surface area contributed by atoms with Gasteiger partial charge < -0.3 is 0 Å². The van der Waals surface area contributed by atoms with Gasteiger partial charge in [-0.3, -0.25) is 4.90 Å². The highest BCUT2D eigenvalue weighted by atomic mass is 15.2. The van der Waals surface area contributed by atoms with E-state index in [2.05, 4.69) is 0 Å². The molecule has 1 aliphatic rings. The van der Waals surface area contributed by atoms with Crippen molar-refractivity contribution in [1.29, 1.82) is 0 Å². The number of hydrogen-bond donors (Lipinski definition) is 0. The summed E-state index contributed by atoms with van der Waals surface area (Å²) in [5.41, 5.74) is 0. The average molecular weight is 54.1 g/mol. The highest BCUT2D eigenvalue weighted by Gasteiger charge is 2.08. The first kappa shape index (κ1) is 2.21. The van der Waals surface area contributed by atoms with Crippen LogP contribution in [0.4, 0.5) is 0 Å². The van der Waals surface area contributed by atoms with Crippen LogP contribution >= 0.6 is 0 Å². The van der Waals surface area contributed by atoms with Crippen molar-refractivity contribution < 1.29 is 0 Å². The maximum absolute atomic E-state index is 6.53. The topological polar surface area (TPSA) is 3.01 Å². The fourth-order valence-electron chi connectivity index (χ4n) is 0.0500. The van der Waals surface area contributed by atoms with Gasteiger partial charge in [-0.05, 0) is 0 Å². The van der Waals surface area contributed by atoms with E-state index in [1.165, 1.54) is 4.90 Å². The third-order valence-corrected chi connectivity index (χ3v) is 0.447. The van der Waals surface area contributed by atoms with Gasteiger partial charge >= 0.3 is 0 Å². The molecular weight excluding hydrogens is 50.0 g/mol. The molecule has 0 aromatic heterocycles. The molecule has 21 valence electrons. The monoisotopic (exact) mass is 54.0 g/mol. The van der Waals surface area contributed by atoms with Crippen molar-refractivity contribution >= 4 is 0 Å². The minimum Gasteiger partial charge on any atom is -0.290 e. The van der Waals surface area contributed by atoms with E-state index in [0.29, 0.717) is 0 Å². The largest absolute Gasteiger partial charge is 0.290 e. The Hall–Kier alpha value is -0.0400. The molecule has 1 fully saturated rings. The molecule has 0 aromatic rings. The summed E-state index contributed by atoms with van der Waals surface area (Å²) in [6.45, 7) is 1.97. The van der Waals surface area contributed by atoms with Crippen LogP contribution in [0.15, 0.2) is 0 Å². The van der Waals surface area contributed by atoms with Crippen molar-refractivity contribution in [1.82, 2.24) is 4.90 Å². The molecule has 1 aliphatic heterocycles. The molecule has 0 aliphatic carbocycles. The predicted octanol–water partition coefficient (Wildman–Crippen LogP) is -0.152. The number of rotatable bonds is 0. The van der Waals surface area contributed by atoms with Crippen LogP contribution in [-0.2, 0) is 0 Å². The van der Waals surface area contributed by atoms with Crippen LogP contribution in [0.2, 0.25) is 0 Å². The number of nitrogens with zero attached hydrogens (tertiary/aromatic N) is 1. The lowest BCUT2D eigenvalue weighted by Gasteiger charge is -1.63. The first-order valence-corrected chi connectivity index (χ1v) is 1.36. The molecular formula is C3H4N. The molecule has 0 N–H and O–H groups in total. The van der Waals surface area contributed by atoms with Crippen molar-refractivity contribution in [3.8, 4) is 0 Å². The van der Waals surface area contributed by atoms with Gasteiger partial charge in [-0.2, -0.15) is 0 Å². The highest BCUT2D eigenvalue weighted by Crippen LogP contribution is 1.95. The van der Waals surface area contributed by atoms with E-state index in [4.69, 9.17) is 7.05 Å². The van der Waals surface area contributed by atoms with E-state index < -0.39 is 0 Å². The Bertz CT molecular complexity index is 22.5. The van der Waals surface area contributed by atoms with E-state index in [0.717, 1.165) is 13.1 Å². The molecule has 0 atom stereocenters. The van der Waals surface area contributed by atoms with Gasteiger partial charge in [0.15, 0.2) is 0 Å². The SMILES string of the molecule is [C]N1CC1. The molecule has 1 rings (SSSR count). The minimum atomic E-state index is 0.986. The second-order valence-corrected chi connectivity index (χ2v) is 0.987. The third-order valence-electron chi connectivity index (χ3n) is 0.447. The molecule has 4 heavy (non-hydrogen) atoms. The Morgan fingerprint density at radius 2 is 1.75 bits per heavy atom. The minimum absolute atomic E-state index is 0.986. The summed E-state index contributed by atoms with van der Waals surface area (Å²) in [6, 6.07) is 0. The fourth-order valence-corrected chi connectivity index (χ4v) is 0.0500. The molecule has 0 saturated carbocycles. The zero-order valence-corrected chi connectivity index (χ0v) is 2.36. The predicted molar refractivity (Wildman–Crippen MR) is 14.8 cm³/mol. The van der Waals surface area contributed by atoms with Crippen molar-refractivity contribution in [3.05, 3.63) is 7.05 Å². The molecule has 1 heteroatoms. The van der Waals surface area contributed by atoms with Gasteiger partial charge in [0.25, 0.3) is 0 Å². The van der Waals surface area contributed by atoms with Gasteiger partial charge in [0, 0.05) is 13.1 Å². The van der Waals surface area contributed by atoms with Gasteiger partial charge in [0.1, 0.15) is 0 Å². The maximum Gasteiger partial charge on any atom is 0.0883 e. The molecule has 0 aromatic carbocycles. The van der Waals surface area contributed by atoms with Crippen LogP contribution in [0, 0.1) is 7.05 Å². The summed E-state index contributed by atoms with van der Waals surface area (Å²) in [6.07, 6.45) is 0.